The van der Waals surface area contributed by atoms with E-state index in [1.54, 1.807) is 12.1 Å². The molecule has 26 heavy (non-hydrogen) atoms. The molecule has 0 fully saturated rings. The molecule has 3 heteroatoms. The minimum atomic E-state index is -0.0958. The summed E-state index contributed by atoms with van der Waals surface area (Å²) >= 11 is 0. The Morgan fingerprint density at radius 2 is 1.62 bits per heavy atom. The van der Waals surface area contributed by atoms with Gasteiger partial charge in [0, 0.05) is 5.56 Å². The van der Waals surface area contributed by atoms with Crippen molar-refractivity contribution in [3.63, 3.8) is 0 Å². The second kappa shape index (κ2) is 6.89. The number of rotatable bonds is 4. The summed E-state index contributed by atoms with van der Waals surface area (Å²) in [5.41, 5.74) is 3.44. The third-order valence-electron chi connectivity index (χ3n) is 4.37. The van der Waals surface area contributed by atoms with E-state index < -0.39 is 0 Å². The lowest BCUT2D eigenvalue weighted by Crippen LogP contribution is -1.98. The fourth-order valence-electron chi connectivity index (χ4n) is 2.96. The van der Waals surface area contributed by atoms with Gasteiger partial charge in [0.2, 0.25) is 5.78 Å². The molecule has 0 unspecified atom stereocenters. The molecule has 0 aliphatic carbocycles. The molecule has 0 saturated heterocycles. The Labute approximate surface area is 152 Å². The number of allylic oxidation sites excluding steroid dienone is 1. The largest absolute Gasteiger partial charge is 0.488 e. The monoisotopic (exact) mass is 342 g/mol. The van der Waals surface area contributed by atoms with Crippen molar-refractivity contribution in [3.8, 4) is 11.5 Å². The molecule has 0 atom stereocenters. The Hall–Kier alpha value is -3.33. The van der Waals surface area contributed by atoms with Gasteiger partial charge >= 0.3 is 0 Å². The molecule has 0 saturated carbocycles. The van der Waals surface area contributed by atoms with Crippen LogP contribution in [0.4, 0.5) is 0 Å². The van der Waals surface area contributed by atoms with Crippen molar-refractivity contribution in [2.45, 2.75) is 13.5 Å². The van der Waals surface area contributed by atoms with Crippen LogP contribution in [0.3, 0.4) is 0 Å². The van der Waals surface area contributed by atoms with Crippen LogP contribution in [-0.2, 0) is 6.61 Å². The number of hydrogen-bond donors (Lipinski definition) is 0. The highest BCUT2D eigenvalue weighted by Crippen LogP contribution is 2.39. The molecule has 3 aromatic rings. The molecule has 0 N–H and O–H groups in total. The van der Waals surface area contributed by atoms with Crippen molar-refractivity contribution < 1.29 is 14.3 Å². The second-order valence-electron chi connectivity index (χ2n) is 6.19. The minimum absolute atomic E-state index is 0.0958. The summed E-state index contributed by atoms with van der Waals surface area (Å²) in [4.78, 5) is 12.6. The first-order valence-electron chi connectivity index (χ1n) is 8.52. The maximum atomic E-state index is 12.6. The molecule has 0 amide bonds. The van der Waals surface area contributed by atoms with Crippen LogP contribution in [0.1, 0.15) is 27.0 Å². The lowest BCUT2D eigenvalue weighted by molar-refractivity contribution is 0.101. The number of benzene rings is 3. The molecule has 1 aliphatic rings. The zero-order valence-electron chi connectivity index (χ0n) is 14.4. The molecular formula is C23H18O3. The van der Waals surface area contributed by atoms with Crippen molar-refractivity contribution in [3.05, 3.63) is 101 Å². The van der Waals surface area contributed by atoms with E-state index in [-0.39, 0.29) is 5.78 Å². The summed E-state index contributed by atoms with van der Waals surface area (Å²) < 4.78 is 11.8. The number of ether oxygens (including phenoxy) is 2. The summed E-state index contributed by atoms with van der Waals surface area (Å²) in [5.74, 6) is 1.56. The van der Waals surface area contributed by atoms with Crippen molar-refractivity contribution in [2.24, 2.45) is 0 Å². The van der Waals surface area contributed by atoms with Gasteiger partial charge < -0.3 is 9.47 Å². The van der Waals surface area contributed by atoms with Crippen LogP contribution >= 0.6 is 0 Å². The number of carbonyl (C=O) groups is 1. The summed E-state index contributed by atoms with van der Waals surface area (Å²) in [5, 5.41) is 0. The van der Waals surface area contributed by atoms with Crippen LogP contribution in [0.25, 0.3) is 6.08 Å². The molecule has 1 heterocycles. The molecule has 128 valence electrons. The van der Waals surface area contributed by atoms with Crippen LogP contribution in [0.5, 0.6) is 11.5 Å². The molecule has 0 bridgehead atoms. The summed E-state index contributed by atoms with van der Waals surface area (Å²) in [6.45, 7) is 2.39. The first kappa shape index (κ1) is 16.2. The van der Waals surface area contributed by atoms with E-state index >= 15 is 0 Å². The van der Waals surface area contributed by atoms with E-state index in [1.807, 2.05) is 73.7 Å². The number of hydrogen-bond acceptors (Lipinski definition) is 3. The van der Waals surface area contributed by atoms with Crippen LogP contribution in [0.15, 0.2) is 78.6 Å². The highest BCUT2D eigenvalue weighted by Gasteiger charge is 2.30. The van der Waals surface area contributed by atoms with E-state index in [4.69, 9.17) is 9.47 Å². The van der Waals surface area contributed by atoms with Crippen LogP contribution < -0.4 is 9.47 Å². The predicted molar refractivity (Wildman–Crippen MR) is 101 cm³/mol. The lowest BCUT2D eigenvalue weighted by atomic mass is 10.1. The van der Waals surface area contributed by atoms with Crippen molar-refractivity contribution in [1.29, 1.82) is 0 Å². The Morgan fingerprint density at radius 3 is 2.35 bits per heavy atom. The van der Waals surface area contributed by atoms with Crippen LogP contribution in [-0.4, -0.2) is 5.78 Å². The number of fused-ring (bicyclic) bond motifs is 1. The average molecular weight is 342 g/mol. The summed E-state index contributed by atoms with van der Waals surface area (Å²) in [7, 11) is 0. The molecule has 0 radical (unpaired) electrons. The molecule has 1 aliphatic heterocycles. The van der Waals surface area contributed by atoms with E-state index in [1.165, 1.54) is 0 Å². The van der Waals surface area contributed by atoms with Gasteiger partial charge in [0.15, 0.2) is 5.76 Å². The van der Waals surface area contributed by atoms with Gasteiger partial charge in [0.1, 0.15) is 18.1 Å². The van der Waals surface area contributed by atoms with E-state index in [2.05, 4.69) is 0 Å². The minimum Gasteiger partial charge on any atom is -0.488 e. The Morgan fingerprint density at radius 1 is 0.923 bits per heavy atom. The van der Waals surface area contributed by atoms with Crippen molar-refractivity contribution in [2.75, 3.05) is 0 Å². The topological polar surface area (TPSA) is 35.5 Å². The molecular weight excluding hydrogens is 324 g/mol. The van der Waals surface area contributed by atoms with Gasteiger partial charge in [-0.25, -0.2) is 0 Å². The van der Waals surface area contributed by atoms with Crippen molar-refractivity contribution in [1.82, 2.24) is 0 Å². The third-order valence-corrected chi connectivity index (χ3v) is 4.37. The van der Waals surface area contributed by atoms with Crippen LogP contribution in [0, 0.1) is 6.92 Å². The van der Waals surface area contributed by atoms with Gasteiger partial charge in [-0.1, -0.05) is 60.7 Å². The molecule has 4 rings (SSSR count). The smallest absolute Gasteiger partial charge is 0.231 e. The SMILES string of the molecule is Cc1c(OCc2ccccc2)ccc2c1O/C(=C\c1ccccc1)C2=O. The number of ketones is 1. The fraction of sp³-hybridized carbons (Fsp3) is 0.0870. The standard InChI is InChI=1S/C23H18O3/c1-16-20(25-15-18-10-6-3-7-11-18)13-12-19-22(24)21(26-23(16)19)14-17-8-4-2-5-9-17/h2-14H,15H2,1H3/b21-14-. The van der Waals surface area contributed by atoms with Gasteiger partial charge in [-0.05, 0) is 36.3 Å². The fourth-order valence-corrected chi connectivity index (χ4v) is 2.96. The van der Waals surface area contributed by atoms with Gasteiger partial charge in [-0.3, -0.25) is 4.79 Å². The Kier molecular flexibility index (Phi) is 4.28. The predicted octanol–water partition coefficient (Wildman–Crippen LogP) is 5.19. The quantitative estimate of drug-likeness (QED) is 0.612. The van der Waals surface area contributed by atoms with Crippen LogP contribution in [0.2, 0.25) is 0 Å². The van der Waals surface area contributed by atoms with Gasteiger partial charge in [0.05, 0.1) is 5.56 Å². The maximum absolute atomic E-state index is 12.6. The molecule has 0 aromatic heterocycles. The van der Waals surface area contributed by atoms with E-state index in [0.29, 0.717) is 23.7 Å². The van der Waals surface area contributed by atoms with Gasteiger partial charge in [-0.2, -0.15) is 0 Å². The highest BCUT2D eigenvalue weighted by molar-refractivity contribution is 6.14. The third kappa shape index (κ3) is 3.11. The molecule has 3 nitrogen and oxygen atoms in total. The van der Waals surface area contributed by atoms with Gasteiger partial charge in [0.25, 0.3) is 0 Å². The molecule has 3 aromatic carbocycles. The maximum Gasteiger partial charge on any atom is 0.231 e. The average Bonchev–Trinajstić information content (AvgIpc) is 3.00. The summed E-state index contributed by atoms with van der Waals surface area (Å²) in [6.07, 6.45) is 1.77. The lowest BCUT2D eigenvalue weighted by Gasteiger charge is -2.11. The van der Waals surface area contributed by atoms with E-state index in [9.17, 15) is 4.79 Å². The highest BCUT2D eigenvalue weighted by atomic mass is 16.5. The zero-order chi connectivity index (χ0) is 17.9. The number of carbonyl (C=O) groups excluding carboxylic acids is 1. The normalized spacial score (nSPS) is 14.2. The van der Waals surface area contributed by atoms with Gasteiger partial charge in [-0.15, -0.1) is 0 Å². The first-order chi connectivity index (χ1) is 12.7. The Bertz CT molecular complexity index is 973. The first-order valence-corrected chi connectivity index (χ1v) is 8.52. The Balaban J connectivity index is 1.58. The van der Waals surface area contributed by atoms with E-state index in [0.717, 1.165) is 22.4 Å². The second-order valence-corrected chi connectivity index (χ2v) is 6.19. The number of Topliss-reactive ketones (excluding diaryl/α,β-unsaturated/α-hetero) is 1. The summed E-state index contributed by atoms with van der Waals surface area (Å²) in [6, 6.07) is 23.3. The zero-order valence-corrected chi connectivity index (χ0v) is 14.4. The molecule has 0 spiro atoms. The van der Waals surface area contributed by atoms with Crippen molar-refractivity contribution >= 4 is 11.9 Å².